The first-order valence-electron chi connectivity index (χ1n) is 7.38. The summed E-state index contributed by atoms with van der Waals surface area (Å²) in [6.45, 7) is 5.75. The number of hydrogen-bond acceptors (Lipinski definition) is 6. The number of hydrazine groups is 1. The van der Waals surface area contributed by atoms with E-state index in [4.69, 9.17) is 16.3 Å². The molecule has 1 amide bonds. The molecule has 0 fully saturated rings. The number of anilines is 1. The summed E-state index contributed by atoms with van der Waals surface area (Å²) in [5.74, 6) is 5.64. The molecule has 0 radical (unpaired) electrons. The lowest BCUT2D eigenvalue weighted by atomic mass is 10.0. The smallest absolute Gasteiger partial charge is 0.269 e. The summed E-state index contributed by atoms with van der Waals surface area (Å²) in [7, 11) is 0. The number of aromatic nitrogens is 2. The quantitative estimate of drug-likeness (QED) is 0.440. The summed E-state index contributed by atoms with van der Waals surface area (Å²) in [4.78, 5) is 20.2. The number of carbonyl (C=O) groups is 1. The number of nitrogens with two attached hydrogens (primary N) is 2. The van der Waals surface area contributed by atoms with E-state index < -0.39 is 5.91 Å². The van der Waals surface area contributed by atoms with Crippen molar-refractivity contribution in [3.63, 3.8) is 0 Å². The molecule has 0 bridgehead atoms. The molecule has 0 aliphatic carbocycles. The highest BCUT2D eigenvalue weighted by Crippen LogP contribution is 2.26. The molecule has 0 aliphatic rings. The molecule has 2 aromatic rings. The van der Waals surface area contributed by atoms with Crippen molar-refractivity contribution >= 4 is 11.9 Å². The van der Waals surface area contributed by atoms with Crippen LogP contribution in [0.1, 0.15) is 36.3 Å². The van der Waals surface area contributed by atoms with Gasteiger partial charge in [-0.1, -0.05) is 6.92 Å². The number of hydrogen-bond donors (Lipinski definition) is 3. The zero-order chi connectivity index (χ0) is 17.0. The van der Waals surface area contributed by atoms with Gasteiger partial charge in [0.05, 0.1) is 23.1 Å². The Labute approximate surface area is 135 Å². The van der Waals surface area contributed by atoms with Gasteiger partial charge in [0.1, 0.15) is 5.75 Å². The van der Waals surface area contributed by atoms with Crippen LogP contribution in [0.5, 0.6) is 5.75 Å². The van der Waals surface area contributed by atoms with Gasteiger partial charge in [-0.25, -0.2) is 15.8 Å². The topological polar surface area (TPSA) is 116 Å². The van der Waals surface area contributed by atoms with Crippen LogP contribution in [0.2, 0.25) is 0 Å². The highest BCUT2D eigenvalue weighted by molar-refractivity contribution is 6.00. The second-order valence-electron chi connectivity index (χ2n) is 5.23. The minimum atomic E-state index is -0.461. The molecule has 1 heterocycles. The van der Waals surface area contributed by atoms with Gasteiger partial charge < -0.3 is 10.5 Å². The lowest BCUT2D eigenvalue weighted by Gasteiger charge is -2.14. The maximum Gasteiger partial charge on any atom is 0.269 e. The third-order valence-electron chi connectivity index (χ3n) is 3.51. The molecule has 0 saturated heterocycles. The molecule has 5 N–H and O–H groups in total. The number of nitrogens with one attached hydrogen (secondary N) is 1. The maximum absolute atomic E-state index is 12.0. The molecule has 0 aliphatic heterocycles. The van der Waals surface area contributed by atoms with Crippen molar-refractivity contribution in [3.8, 4) is 17.0 Å². The van der Waals surface area contributed by atoms with Gasteiger partial charge in [0, 0.05) is 5.56 Å². The summed E-state index contributed by atoms with van der Waals surface area (Å²) in [5.41, 5.74) is 9.77. The Balaban J connectivity index is 2.43. The van der Waals surface area contributed by atoms with E-state index in [1.807, 2.05) is 31.2 Å². The van der Waals surface area contributed by atoms with Crippen LogP contribution in [0.25, 0.3) is 11.3 Å². The van der Waals surface area contributed by atoms with Crippen molar-refractivity contribution in [2.45, 2.75) is 33.3 Å². The van der Waals surface area contributed by atoms with Gasteiger partial charge in [0.15, 0.2) is 0 Å². The summed E-state index contributed by atoms with van der Waals surface area (Å²) in [6, 6.07) is 7.32. The Morgan fingerprint density at radius 1 is 1.30 bits per heavy atom. The molecule has 1 unspecified atom stereocenters. The average molecular weight is 315 g/mol. The Morgan fingerprint density at radius 2 is 1.96 bits per heavy atom. The van der Waals surface area contributed by atoms with E-state index in [0.29, 0.717) is 17.0 Å². The van der Waals surface area contributed by atoms with E-state index in [1.165, 1.54) is 0 Å². The van der Waals surface area contributed by atoms with Gasteiger partial charge in [-0.05, 0) is 44.5 Å². The number of ether oxygens (including phenoxy) is 1. The number of carbonyl (C=O) groups excluding carboxylic acids is 1. The number of rotatable bonds is 5. The standard InChI is InChI=1S/C16H21N5O2/c1-4-9(2)23-12-7-5-11(6-8-12)14-13(15(22)21-18)10(3)19-16(17)20-14/h5-9H,4,18H2,1-3H3,(H,21,22)(H2,17,19,20). The summed E-state index contributed by atoms with van der Waals surface area (Å²) >= 11 is 0. The largest absolute Gasteiger partial charge is 0.491 e. The maximum atomic E-state index is 12.0. The van der Waals surface area contributed by atoms with E-state index in [0.717, 1.165) is 17.7 Å². The van der Waals surface area contributed by atoms with Gasteiger partial charge in [-0.2, -0.15) is 0 Å². The fraction of sp³-hybridized carbons (Fsp3) is 0.312. The monoisotopic (exact) mass is 315 g/mol. The lowest BCUT2D eigenvalue weighted by Crippen LogP contribution is -2.31. The Hall–Kier alpha value is -2.67. The molecular weight excluding hydrogens is 294 g/mol. The van der Waals surface area contributed by atoms with Crippen LogP contribution < -0.4 is 21.7 Å². The van der Waals surface area contributed by atoms with Crippen LogP contribution in [-0.2, 0) is 0 Å². The summed E-state index contributed by atoms with van der Waals surface area (Å²) < 4.78 is 5.74. The van der Waals surface area contributed by atoms with Crippen LogP contribution in [0, 0.1) is 6.92 Å². The molecule has 122 valence electrons. The second kappa shape index (κ2) is 7.06. The van der Waals surface area contributed by atoms with Crippen molar-refractivity contribution in [2.75, 3.05) is 5.73 Å². The predicted octanol–water partition coefficient (Wildman–Crippen LogP) is 1.82. The summed E-state index contributed by atoms with van der Waals surface area (Å²) in [6.07, 6.45) is 1.06. The van der Waals surface area contributed by atoms with E-state index in [2.05, 4.69) is 22.3 Å². The van der Waals surface area contributed by atoms with Gasteiger partial charge in [-0.3, -0.25) is 10.2 Å². The minimum absolute atomic E-state index is 0.103. The number of nitrogen functional groups attached to an aromatic ring is 2. The van der Waals surface area contributed by atoms with Crippen molar-refractivity contribution in [1.29, 1.82) is 0 Å². The van der Waals surface area contributed by atoms with Crippen LogP contribution >= 0.6 is 0 Å². The molecule has 2 rings (SSSR count). The molecule has 7 nitrogen and oxygen atoms in total. The minimum Gasteiger partial charge on any atom is -0.491 e. The third kappa shape index (κ3) is 3.75. The third-order valence-corrected chi connectivity index (χ3v) is 3.51. The van der Waals surface area contributed by atoms with E-state index in [1.54, 1.807) is 6.92 Å². The Morgan fingerprint density at radius 3 is 2.52 bits per heavy atom. The van der Waals surface area contributed by atoms with Crippen molar-refractivity contribution < 1.29 is 9.53 Å². The molecule has 1 aromatic heterocycles. The van der Waals surface area contributed by atoms with Crippen molar-refractivity contribution in [3.05, 3.63) is 35.5 Å². The SMILES string of the molecule is CCC(C)Oc1ccc(-c2nc(N)nc(C)c2C(=O)NN)cc1. The van der Waals surface area contributed by atoms with Crippen LogP contribution in [0.4, 0.5) is 5.95 Å². The highest BCUT2D eigenvalue weighted by Gasteiger charge is 2.18. The predicted molar refractivity (Wildman–Crippen MR) is 88.7 cm³/mol. The average Bonchev–Trinajstić information content (AvgIpc) is 2.54. The van der Waals surface area contributed by atoms with E-state index in [-0.39, 0.29) is 12.1 Å². The molecule has 1 atom stereocenters. The number of amides is 1. The first-order valence-corrected chi connectivity index (χ1v) is 7.38. The Bertz CT molecular complexity index is 700. The molecule has 23 heavy (non-hydrogen) atoms. The molecule has 1 aromatic carbocycles. The zero-order valence-electron chi connectivity index (χ0n) is 13.5. The van der Waals surface area contributed by atoms with Crippen LogP contribution in [0.3, 0.4) is 0 Å². The van der Waals surface area contributed by atoms with Gasteiger partial charge in [0.2, 0.25) is 5.95 Å². The van der Waals surface area contributed by atoms with Gasteiger partial charge in [-0.15, -0.1) is 0 Å². The molecule has 0 saturated carbocycles. The van der Waals surface area contributed by atoms with E-state index in [9.17, 15) is 4.79 Å². The fourth-order valence-electron chi connectivity index (χ4n) is 2.15. The Kier molecular flexibility index (Phi) is 5.13. The summed E-state index contributed by atoms with van der Waals surface area (Å²) in [5, 5.41) is 0. The normalized spacial score (nSPS) is 11.8. The molecule has 0 spiro atoms. The van der Waals surface area contributed by atoms with Crippen LogP contribution in [-0.4, -0.2) is 22.0 Å². The van der Waals surface area contributed by atoms with Crippen molar-refractivity contribution in [2.24, 2.45) is 5.84 Å². The first kappa shape index (κ1) is 16.7. The van der Waals surface area contributed by atoms with Gasteiger partial charge >= 0.3 is 0 Å². The van der Waals surface area contributed by atoms with Crippen molar-refractivity contribution in [1.82, 2.24) is 15.4 Å². The number of aryl methyl sites for hydroxylation is 1. The lowest BCUT2D eigenvalue weighted by molar-refractivity contribution is 0.0953. The second-order valence-corrected chi connectivity index (χ2v) is 5.23. The number of nitrogens with zero attached hydrogens (tertiary/aromatic N) is 2. The molecule has 7 heteroatoms. The zero-order valence-corrected chi connectivity index (χ0v) is 13.5. The number of benzene rings is 1. The fourth-order valence-corrected chi connectivity index (χ4v) is 2.15. The van der Waals surface area contributed by atoms with E-state index >= 15 is 0 Å². The highest BCUT2D eigenvalue weighted by atomic mass is 16.5. The first-order chi connectivity index (χ1) is 11.0. The van der Waals surface area contributed by atoms with Crippen LogP contribution in [0.15, 0.2) is 24.3 Å². The van der Waals surface area contributed by atoms with Gasteiger partial charge in [0.25, 0.3) is 5.91 Å². The molecular formula is C16H21N5O2.